The molecule has 0 saturated heterocycles. The summed E-state index contributed by atoms with van der Waals surface area (Å²) in [4.78, 5) is 7.24. The van der Waals surface area contributed by atoms with E-state index in [1.54, 1.807) is 13.0 Å². The number of aromatic nitrogens is 2. The van der Waals surface area contributed by atoms with Crippen LogP contribution in [0.5, 0.6) is 0 Å². The SMILES string of the molecule is Cc1cc(NCC2CC2C)nc(F)n1. The van der Waals surface area contributed by atoms with Crippen LogP contribution in [-0.2, 0) is 0 Å². The second-order valence-corrected chi connectivity index (χ2v) is 4.02. The molecule has 1 heterocycles. The number of nitrogens with zero attached hydrogens (tertiary/aromatic N) is 2. The van der Waals surface area contributed by atoms with E-state index < -0.39 is 6.08 Å². The van der Waals surface area contributed by atoms with Crippen LogP contribution < -0.4 is 5.32 Å². The predicted octanol–water partition coefficient (Wildman–Crippen LogP) is 1.99. The summed E-state index contributed by atoms with van der Waals surface area (Å²) in [5, 5.41) is 3.13. The number of rotatable bonds is 3. The van der Waals surface area contributed by atoms with Gasteiger partial charge in [-0.3, -0.25) is 0 Å². The quantitative estimate of drug-likeness (QED) is 0.749. The molecule has 1 fully saturated rings. The molecule has 0 radical (unpaired) electrons. The van der Waals surface area contributed by atoms with Gasteiger partial charge in [0.2, 0.25) is 0 Å². The highest BCUT2D eigenvalue weighted by Gasteiger charge is 2.31. The van der Waals surface area contributed by atoms with Crippen LogP contribution in [0.2, 0.25) is 0 Å². The fourth-order valence-electron chi connectivity index (χ4n) is 1.54. The maximum absolute atomic E-state index is 12.8. The first-order chi connectivity index (χ1) is 6.65. The molecule has 14 heavy (non-hydrogen) atoms. The van der Waals surface area contributed by atoms with E-state index in [0.29, 0.717) is 11.5 Å². The molecule has 1 aromatic rings. The molecule has 1 aliphatic rings. The van der Waals surface area contributed by atoms with E-state index in [4.69, 9.17) is 0 Å². The van der Waals surface area contributed by atoms with Gasteiger partial charge in [-0.15, -0.1) is 0 Å². The summed E-state index contributed by atoms with van der Waals surface area (Å²) in [6.07, 6.45) is 0.607. The average molecular weight is 195 g/mol. The first-order valence-electron chi connectivity index (χ1n) is 4.90. The molecule has 0 aromatic carbocycles. The van der Waals surface area contributed by atoms with Gasteiger partial charge in [0.25, 0.3) is 0 Å². The first-order valence-corrected chi connectivity index (χ1v) is 4.90. The summed E-state index contributed by atoms with van der Waals surface area (Å²) in [5.74, 6) is 2.12. The molecule has 1 N–H and O–H groups in total. The van der Waals surface area contributed by atoms with Gasteiger partial charge in [0, 0.05) is 18.3 Å². The minimum absolute atomic E-state index is 0.592. The minimum atomic E-state index is -0.656. The molecular formula is C10H14FN3. The number of hydrogen-bond acceptors (Lipinski definition) is 3. The van der Waals surface area contributed by atoms with Crippen molar-refractivity contribution in [2.75, 3.05) is 11.9 Å². The lowest BCUT2D eigenvalue weighted by molar-refractivity contribution is 0.536. The van der Waals surface area contributed by atoms with E-state index >= 15 is 0 Å². The number of halogens is 1. The summed E-state index contributed by atoms with van der Waals surface area (Å²) in [6.45, 7) is 4.87. The van der Waals surface area contributed by atoms with Crippen LogP contribution in [0.3, 0.4) is 0 Å². The fourth-order valence-corrected chi connectivity index (χ4v) is 1.54. The van der Waals surface area contributed by atoms with Crippen molar-refractivity contribution in [1.29, 1.82) is 0 Å². The molecule has 2 atom stereocenters. The van der Waals surface area contributed by atoms with Crippen LogP contribution in [0.1, 0.15) is 19.0 Å². The lowest BCUT2D eigenvalue weighted by Crippen LogP contribution is -2.07. The van der Waals surface area contributed by atoms with Crippen LogP contribution >= 0.6 is 0 Å². The lowest BCUT2D eigenvalue weighted by Gasteiger charge is -2.04. The van der Waals surface area contributed by atoms with Crippen LogP contribution in [0.4, 0.5) is 10.2 Å². The molecule has 1 aliphatic carbocycles. The predicted molar refractivity (Wildman–Crippen MR) is 52.5 cm³/mol. The molecule has 2 unspecified atom stereocenters. The molecule has 0 aliphatic heterocycles. The maximum Gasteiger partial charge on any atom is 0.310 e. The van der Waals surface area contributed by atoms with Gasteiger partial charge in [-0.05, 0) is 25.2 Å². The van der Waals surface area contributed by atoms with Gasteiger partial charge in [-0.25, -0.2) is 4.98 Å². The first kappa shape index (κ1) is 9.37. The third-order valence-corrected chi connectivity index (χ3v) is 2.65. The largest absolute Gasteiger partial charge is 0.370 e. The number of anilines is 1. The Morgan fingerprint density at radius 3 is 2.86 bits per heavy atom. The molecule has 3 nitrogen and oxygen atoms in total. The Balaban J connectivity index is 1.95. The van der Waals surface area contributed by atoms with E-state index in [9.17, 15) is 4.39 Å². The monoisotopic (exact) mass is 195 g/mol. The maximum atomic E-state index is 12.8. The molecule has 1 saturated carbocycles. The van der Waals surface area contributed by atoms with Gasteiger partial charge in [0.1, 0.15) is 5.82 Å². The van der Waals surface area contributed by atoms with Gasteiger partial charge in [0.05, 0.1) is 0 Å². The Hall–Kier alpha value is -1.19. The molecule has 76 valence electrons. The van der Waals surface area contributed by atoms with Crippen molar-refractivity contribution < 1.29 is 4.39 Å². The summed E-state index contributed by atoms with van der Waals surface area (Å²) >= 11 is 0. The standard InChI is InChI=1S/C10H14FN3/c1-6-3-8(6)5-12-9-4-7(2)13-10(11)14-9/h4,6,8H,3,5H2,1-2H3,(H,12,13,14). The van der Waals surface area contributed by atoms with E-state index in [1.807, 2.05) is 0 Å². The number of aryl methyl sites for hydroxylation is 1. The molecular weight excluding hydrogens is 181 g/mol. The highest BCUT2D eigenvalue weighted by atomic mass is 19.1. The van der Waals surface area contributed by atoms with E-state index in [0.717, 1.165) is 18.4 Å². The van der Waals surface area contributed by atoms with Crippen molar-refractivity contribution in [3.63, 3.8) is 0 Å². The Kier molecular flexibility index (Phi) is 2.35. The third kappa shape index (κ3) is 2.19. The van der Waals surface area contributed by atoms with Crippen LogP contribution in [0.15, 0.2) is 6.07 Å². The zero-order chi connectivity index (χ0) is 10.1. The molecule has 0 bridgehead atoms. The van der Waals surface area contributed by atoms with E-state index in [1.165, 1.54) is 6.42 Å². The Morgan fingerprint density at radius 2 is 2.29 bits per heavy atom. The van der Waals surface area contributed by atoms with Crippen LogP contribution in [0, 0.1) is 24.8 Å². The Morgan fingerprint density at radius 1 is 1.57 bits per heavy atom. The van der Waals surface area contributed by atoms with Crippen LogP contribution in [-0.4, -0.2) is 16.5 Å². The van der Waals surface area contributed by atoms with Crippen molar-refractivity contribution >= 4 is 5.82 Å². The van der Waals surface area contributed by atoms with Crippen molar-refractivity contribution in [3.05, 3.63) is 17.8 Å². The molecule has 2 rings (SSSR count). The van der Waals surface area contributed by atoms with Crippen LogP contribution in [0.25, 0.3) is 0 Å². The third-order valence-electron chi connectivity index (χ3n) is 2.65. The highest BCUT2D eigenvalue weighted by molar-refractivity contribution is 5.34. The van der Waals surface area contributed by atoms with E-state index in [2.05, 4.69) is 22.2 Å². The zero-order valence-corrected chi connectivity index (χ0v) is 8.42. The van der Waals surface area contributed by atoms with E-state index in [-0.39, 0.29) is 0 Å². The molecule has 0 amide bonds. The Bertz CT molecular complexity index is 320. The minimum Gasteiger partial charge on any atom is -0.370 e. The second-order valence-electron chi connectivity index (χ2n) is 4.02. The molecule has 1 aromatic heterocycles. The average Bonchev–Trinajstić information content (AvgIpc) is 2.77. The van der Waals surface area contributed by atoms with Crippen molar-refractivity contribution in [1.82, 2.24) is 9.97 Å². The smallest absolute Gasteiger partial charge is 0.310 e. The summed E-state index contributed by atoms with van der Waals surface area (Å²) in [7, 11) is 0. The summed E-state index contributed by atoms with van der Waals surface area (Å²) in [5.41, 5.74) is 0.656. The van der Waals surface area contributed by atoms with Gasteiger partial charge >= 0.3 is 6.08 Å². The van der Waals surface area contributed by atoms with Gasteiger partial charge in [-0.2, -0.15) is 9.37 Å². The Labute approximate surface area is 82.8 Å². The molecule has 4 heteroatoms. The van der Waals surface area contributed by atoms with Gasteiger partial charge < -0.3 is 5.32 Å². The second kappa shape index (κ2) is 3.52. The topological polar surface area (TPSA) is 37.8 Å². The van der Waals surface area contributed by atoms with Gasteiger partial charge in [0.15, 0.2) is 0 Å². The summed E-state index contributed by atoms with van der Waals surface area (Å²) < 4.78 is 12.8. The lowest BCUT2D eigenvalue weighted by atomic mass is 10.3. The highest BCUT2D eigenvalue weighted by Crippen LogP contribution is 2.37. The zero-order valence-electron chi connectivity index (χ0n) is 8.42. The normalized spacial score (nSPS) is 24.8. The van der Waals surface area contributed by atoms with Crippen molar-refractivity contribution in [3.8, 4) is 0 Å². The van der Waals surface area contributed by atoms with Crippen molar-refractivity contribution in [2.24, 2.45) is 11.8 Å². The van der Waals surface area contributed by atoms with Gasteiger partial charge in [-0.1, -0.05) is 6.92 Å². The number of hydrogen-bond donors (Lipinski definition) is 1. The van der Waals surface area contributed by atoms with Crippen molar-refractivity contribution in [2.45, 2.75) is 20.3 Å². The molecule has 0 spiro atoms. The number of nitrogens with one attached hydrogen (secondary N) is 1. The fraction of sp³-hybridized carbons (Fsp3) is 0.600. The summed E-state index contributed by atoms with van der Waals surface area (Å²) in [6, 6.07) is 1.76.